The minimum Gasteiger partial charge on any atom is -0.488 e. The number of ether oxygens (including phenoxy) is 1. The first kappa shape index (κ1) is 15.9. The van der Waals surface area contributed by atoms with Gasteiger partial charge in [-0.25, -0.2) is 0 Å². The van der Waals surface area contributed by atoms with Gasteiger partial charge in [0.15, 0.2) is 0 Å². The molecule has 1 N–H and O–H groups in total. The lowest BCUT2D eigenvalue weighted by atomic mass is 9.98. The predicted molar refractivity (Wildman–Crippen MR) is 87.7 cm³/mol. The zero-order valence-electron chi connectivity index (χ0n) is 12.4. The lowest BCUT2D eigenvalue weighted by Crippen LogP contribution is -2.42. The number of rotatable bonds is 3. The van der Waals surface area contributed by atoms with Gasteiger partial charge in [-0.05, 0) is 31.5 Å². The highest BCUT2D eigenvalue weighted by atomic mass is 35.5. The van der Waals surface area contributed by atoms with Crippen LogP contribution in [0.15, 0.2) is 18.2 Å². The van der Waals surface area contributed by atoms with Gasteiger partial charge >= 0.3 is 0 Å². The Kier molecular flexibility index (Phi) is 5.11. The molecule has 2 fully saturated rings. The second kappa shape index (κ2) is 7.07. The van der Waals surface area contributed by atoms with E-state index in [0.29, 0.717) is 22.3 Å². The number of halogens is 2. The maximum absolute atomic E-state index is 12.5. The molecule has 2 heterocycles. The van der Waals surface area contributed by atoms with Crippen LogP contribution in [0.1, 0.15) is 19.3 Å². The molecule has 22 heavy (non-hydrogen) atoms. The van der Waals surface area contributed by atoms with Crippen molar-refractivity contribution >= 4 is 29.1 Å². The molecule has 120 valence electrons. The van der Waals surface area contributed by atoms with Gasteiger partial charge in [0.25, 0.3) is 0 Å². The van der Waals surface area contributed by atoms with Gasteiger partial charge in [0.05, 0.1) is 22.5 Å². The number of likely N-dealkylation sites (tertiary alicyclic amines) is 1. The molecule has 2 atom stereocenters. The van der Waals surface area contributed by atoms with E-state index in [1.165, 1.54) is 0 Å². The maximum atomic E-state index is 12.5. The Labute approximate surface area is 140 Å². The van der Waals surface area contributed by atoms with Crippen LogP contribution in [-0.4, -0.2) is 43.1 Å². The highest BCUT2D eigenvalue weighted by molar-refractivity contribution is 6.42. The fourth-order valence-electron chi connectivity index (χ4n) is 3.09. The number of amides is 1. The molecular weight excluding hydrogens is 323 g/mol. The third-order valence-corrected chi connectivity index (χ3v) is 5.04. The zero-order valence-corrected chi connectivity index (χ0v) is 13.9. The van der Waals surface area contributed by atoms with Gasteiger partial charge < -0.3 is 15.0 Å². The van der Waals surface area contributed by atoms with Crippen molar-refractivity contribution in [3.8, 4) is 5.75 Å². The molecule has 1 aromatic rings. The number of carbonyl (C=O) groups excluding carboxylic acids is 1. The smallest absolute Gasteiger partial charge is 0.227 e. The summed E-state index contributed by atoms with van der Waals surface area (Å²) in [6, 6.07) is 5.26. The monoisotopic (exact) mass is 342 g/mol. The van der Waals surface area contributed by atoms with Crippen molar-refractivity contribution in [1.82, 2.24) is 10.2 Å². The lowest BCUT2D eigenvalue weighted by Gasteiger charge is -2.26. The van der Waals surface area contributed by atoms with Gasteiger partial charge in [0, 0.05) is 25.6 Å². The highest BCUT2D eigenvalue weighted by Gasteiger charge is 2.32. The summed E-state index contributed by atoms with van der Waals surface area (Å²) in [6.45, 7) is 3.23. The molecule has 6 heteroatoms. The van der Waals surface area contributed by atoms with Crippen LogP contribution in [0.25, 0.3) is 0 Å². The Bertz CT molecular complexity index is 547. The summed E-state index contributed by atoms with van der Waals surface area (Å²) in [6.07, 6.45) is 2.94. The fraction of sp³-hybridized carbons (Fsp3) is 0.562. The van der Waals surface area contributed by atoms with Crippen LogP contribution in [0.2, 0.25) is 10.0 Å². The summed E-state index contributed by atoms with van der Waals surface area (Å²) in [7, 11) is 0. The Morgan fingerprint density at radius 1 is 1.27 bits per heavy atom. The molecule has 0 bridgehead atoms. The van der Waals surface area contributed by atoms with Gasteiger partial charge in [-0.1, -0.05) is 23.2 Å². The summed E-state index contributed by atoms with van der Waals surface area (Å²) in [5.74, 6) is 1.08. The molecule has 2 aliphatic rings. The molecule has 0 aromatic heterocycles. The molecule has 4 nitrogen and oxygen atoms in total. The van der Waals surface area contributed by atoms with E-state index in [4.69, 9.17) is 27.9 Å². The van der Waals surface area contributed by atoms with Crippen molar-refractivity contribution < 1.29 is 9.53 Å². The van der Waals surface area contributed by atoms with E-state index in [2.05, 4.69) is 5.32 Å². The van der Waals surface area contributed by atoms with Crippen LogP contribution in [0.4, 0.5) is 0 Å². The Morgan fingerprint density at radius 2 is 2.14 bits per heavy atom. The minimum absolute atomic E-state index is 0.0257. The van der Waals surface area contributed by atoms with Gasteiger partial charge in [0.2, 0.25) is 5.91 Å². The summed E-state index contributed by atoms with van der Waals surface area (Å²) in [5.41, 5.74) is 0. The molecule has 2 unspecified atom stereocenters. The third kappa shape index (κ3) is 3.67. The average Bonchev–Trinajstić information content (AvgIpc) is 2.99. The van der Waals surface area contributed by atoms with Gasteiger partial charge in [-0.3, -0.25) is 4.79 Å². The minimum atomic E-state index is 0.0257. The average molecular weight is 343 g/mol. The molecule has 0 radical (unpaired) electrons. The first-order valence-corrected chi connectivity index (χ1v) is 8.50. The standard InChI is InChI=1S/C16H20Cl2N2O2/c17-14-4-3-12(8-15(14)18)22-13-5-7-20(10-13)16(21)11-2-1-6-19-9-11/h3-4,8,11,13,19H,1-2,5-7,9-10H2. The van der Waals surface area contributed by atoms with E-state index in [1.54, 1.807) is 12.1 Å². The van der Waals surface area contributed by atoms with Crippen LogP contribution < -0.4 is 10.1 Å². The van der Waals surface area contributed by atoms with E-state index in [0.717, 1.165) is 38.9 Å². The van der Waals surface area contributed by atoms with Gasteiger partial charge in [0.1, 0.15) is 11.9 Å². The molecule has 0 spiro atoms. The molecule has 2 aliphatic heterocycles. The SMILES string of the molecule is O=C(C1CCCNC1)N1CCC(Oc2ccc(Cl)c(Cl)c2)C1. The lowest BCUT2D eigenvalue weighted by molar-refractivity contribution is -0.135. The number of carbonyl (C=O) groups is 1. The molecule has 0 aliphatic carbocycles. The predicted octanol–water partition coefficient (Wildman–Crippen LogP) is 2.97. The second-order valence-electron chi connectivity index (χ2n) is 5.93. The summed E-state index contributed by atoms with van der Waals surface area (Å²) in [4.78, 5) is 14.4. The van der Waals surface area contributed by atoms with Gasteiger partial charge in [-0.2, -0.15) is 0 Å². The van der Waals surface area contributed by atoms with Crippen molar-refractivity contribution in [3.05, 3.63) is 28.2 Å². The number of nitrogens with one attached hydrogen (secondary N) is 1. The van der Waals surface area contributed by atoms with Crippen molar-refractivity contribution in [2.45, 2.75) is 25.4 Å². The Morgan fingerprint density at radius 3 is 2.86 bits per heavy atom. The van der Waals surface area contributed by atoms with Crippen LogP contribution in [0.3, 0.4) is 0 Å². The second-order valence-corrected chi connectivity index (χ2v) is 6.75. The summed E-state index contributed by atoms with van der Waals surface area (Å²) < 4.78 is 5.93. The van der Waals surface area contributed by atoms with E-state index in [-0.39, 0.29) is 17.9 Å². The van der Waals surface area contributed by atoms with Crippen LogP contribution in [0, 0.1) is 5.92 Å². The van der Waals surface area contributed by atoms with Crippen LogP contribution >= 0.6 is 23.2 Å². The van der Waals surface area contributed by atoms with Crippen molar-refractivity contribution in [1.29, 1.82) is 0 Å². The molecular formula is C16H20Cl2N2O2. The van der Waals surface area contributed by atoms with E-state index in [9.17, 15) is 4.79 Å². The molecule has 2 saturated heterocycles. The van der Waals surface area contributed by atoms with E-state index in [1.807, 2.05) is 11.0 Å². The summed E-state index contributed by atoms with van der Waals surface area (Å²) in [5, 5.41) is 4.30. The topological polar surface area (TPSA) is 41.6 Å². The number of hydrogen-bond acceptors (Lipinski definition) is 3. The number of piperidine rings is 1. The largest absolute Gasteiger partial charge is 0.488 e. The normalized spacial score (nSPS) is 25.3. The quantitative estimate of drug-likeness (QED) is 0.918. The molecule has 3 rings (SSSR count). The maximum Gasteiger partial charge on any atom is 0.227 e. The van der Waals surface area contributed by atoms with Crippen LogP contribution in [-0.2, 0) is 4.79 Å². The van der Waals surface area contributed by atoms with E-state index >= 15 is 0 Å². The molecule has 0 saturated carbocycles. The van der Waals surface area contributed by atoms with Crippen molar-refractivity contribution in [3.63, 3.8) is 0 Å². The molecule has 1 aromatic carbocycles. The van der Waals surface area contributed by atoms with Gasteiger partial charge in [-0.15, -0.1) is 0 Å². The number of hydrogen-bond donors (Lipinski definition) is 1. The third-order valence-electron chi connectivity index (χ3n) is 4.30. The van der Waals surface area contributed by atoms with Crippen LogP contribution in [0.5, 0.6) is 5.75 Å². The first-order chi connectivity index (χ1) is 10.6. The first-order valence-electron chi connectivity index (χ1n) is 7.74. The summed E-state index contributed by atoms with van der Waals surface area (Å²) >= 11 is 11.9. The van der Waals surface area contributed by atoms with Crippen molar-refractivity contribution in [2.24, 2.45) is 5.92 Å². The Hall–Kier alpha value is -0.970. The number of nitrogens with zero attached hydrogens (tertiary/aromatic N) is 1. The van der Waals surface area contributed by atoms with E-state index < -0.39 is 0 Å². The highest BCUT2D eigenvalue weighted by Crippen LogP contribution is 2.28. The number of benzene rings is 1. The Balaban J connectivity index is 1.55. The molecule has 1 amide bonds. The zero-order chi connectivity index (χ0) is 15.5. The van der Waals surface area contributed by atoms with Crippen molar-refractivity contribution in [2.75, 3.05) is 26.2 Å². The fourth-order valence-corrected chi connectivity index (χ4v) is 3.38.